The fourth-order valence-electron chi connectivity index (χ4n) is 6.27. The number of para-hydroxylation sites is 1. The molecular weight excluding hydrogens is 344 g/mol. The molecule has 5 rings (SSSR count). The van der Waals surface area contributed by atoms with Crippen molar-refractivity contribution in [3.8, 4) is 0 Å². The fourth-order valence-corrected chi connectivity index (χ4v) is 6.27. The second-order valence-corrected chi connectivity index (χ2v) is 8.40. The number of anilines is 1. The van der Waals surface area contributed by atoms with E-state index in [-0.39, 0.29) is 23.7 Å². The average molecular weight is 368 g/mol. The first-order chi connectivity index (χ1) is 13.0. The summed E-state index contributed by atoms with van der Waals surface area (Å²) < 4.78 is 5.03. The van der Waals surface area contributed by atoms with E-state index in [0.717, 1.165) is 24.1 Å². The highest BCUT2D eigenvalue weighted by molar-refractivity contribution is 6.05. The van der Waals surface area contributed by atoms with Crippen molar-refractivity contribution in [3.05, 3.63) is 29.8 Å². The Balaban J connectivity index is 1.73. The van der Waals surface area contributed by atoms with E-state index in [1.807, 2.05) is 29.2 Å². The maximum Gasteiger partial charge on any atom is 0.318 e. The number of hydrogen-bond acceptors (Lipinski definition) is 5. The predicted octanol–water partition coefficient (Wildman–Crippen LogP) is 1.74. The molecule has 3 fully saturated rings. The van der Waals surface area contributed by atoms with Crippen molar-refractivity contribution in [1.82, 2.24) is 4.90 Å². The normalized spacial score (nSPS) is 38.7. The molecule has 1 aromatic carbocycles. The fraction of sp³-hybridized carbons (Fsp3) is 0.571. The maximum absolute atomic E-state index is 13.5. The smallest absolute Gasteiger partial charge is 0.318 e. The van der Waals surface area contributed by atoms with Crippen LogP contribution in [0.4, 0.5) is 5.69 Å². The van der Waals surface area contributed by atoms with E-state index >= 15 is 0 Å². The number of ketones is 1. The third-order valence-corrected chi connectivity index (χ3v) is 7.38. The van der Waals surface area contributed by atoms with E-state index in [1.54, 1.807) is 0 Å². The van der Waals surface area contributed by atoms with E-state index in [2.05, 4.69) is 12.2 Å². The Hall–Kier alpha value is -2.37. The summed E-state index contributed by atoms with van der Waals surface area (Å²) >= 11 is 0. The van der Waals surface area contributed by atoms with Gasteiger partial charge in [-0.1, -0.05) is 31.5 Å². The van der Waals surface area contributed by atoms with Gasteiger partial charge in [-0.25, -0.2) is 0 Å². The van der Waals surface area contributed by atoms with Crippen molar-refractivity contribution in [2.75, 3.05) is 19.0 Å². The largest absolute Gasteiger partial charge is 0.468 e. The van der Waals surface area contributed by atoms with Gasteiger partial charge in [-0.05, 0) is 24.0 Å². The van der Waals surface area contributed by atoms with Gasteiger partial charge in [0, 0.05) is 30.0 Å². The van der Waals surface area contributed by atoms with Crippen molar-refractivity contribution in [1.29, 1.82) is 0 Å². The van der Waals surface area contributed by atoms with Crippen LogP contribution in [0.25, 0.3) is 0 Å². The molecule has 142 valence electrons. The molecule has 1 amide bonds. The summed E-state index contributed by atoms with van der Waals surface area (Å²) in [6, 6.07) is 7.34. The molecule has 6 heteroatoms. The monoisotopic (exact) mass is 368 g/mol. The van der Waals surface area contributed by atoms with Gasteiger partial charge < -0.3 is 15.0 Å². The molecule has 1 unspecified atom stereocenters. The summed E-state index contributed by atoms with van der Waals surface area (Å²) in [5.41, 5.74) is 1.46. The lowest BCUT2D eigenvalue weighted by Gasteiger charge is -2.52. The van der Waals surface area contributed by atoms with Gasteiger partial charge in [0.25, 0.3) is 0 Å². The third-order valence-electron chi connectivity index (χ3n) is 7.38. The number of carbonyl (C=O) groups is 3. The number of hydrogen-bond donors (Lipinski definition) is 1. The molecule has 2 saturated heterocycles. The highest BCUT2D eigenvalue weighted by atomic mass is 16.5. The van der Waals surface area contributed by atoms with Crippen LogP contribution in [0.3, 0.4) is 0 Å². The Kier molecular flexibility index (Phi) is 3.46. The molecule has 0 aromatic heterocycles. The van der Waals surface area contributed by atoms with Gasteiger partial charge in [0.05, 0.1) is 19.2 Å². The molecule has 0 bridgehead atoms. The second kappa shape index (κ2) is 5.57. The number of esters is 1. The van der Waals surface area contributed by atoms with Crippen LogP contribution in [-0.2, 0) is 24.5 Å². The van der Waals surface area contributed by atoms with Crippen LogP contribution in [0.2, 0.25) is 0 Å². The number of carbonyl (C=O) groups excluding carboxylic acids is 3. The van der Waals surface area contributed by atoms with Gasteiger partial charge >= 0.3 is 5.97 Å². The molecule has 3 aliphatic heterocycles. The first-order valence-corrected chi connectivity index (χ1v) is 9.80. The topological polar surface area (TPSA) is 75.7 Å². The van der Waals surface area contributed by atoms with Crippen LogP contribution in [0, 0.1) is 17.8 Å². The first-order valence-electron chi connectivity index (χ1n) is 9.80. The van der Waals surface area contributed by atoms with Crippen LogP contribution in [0.15, 0.2) is 24.3 Å². The van der Waals surface area contributed by atoms with Gasteiger partial charge in [0.2, 0.25) is 5.91 Å². The third kappa shape index (κ3) is 1.93. The minimum atomic E-state index is -0.869. The van der Waals surface area contributed by atoms with E-state index in [0.29, 0.717) is 18.9 Å². The molecule has 6 nitrogen and oxygen atoms in total. The van der Waals surface area contributed by atoms with Crippen molar-refractivity contribution in [3.63, 3.8) is 0 Å². The molecule has 1 aromatic rings. The summed E-state index contributed by atoms with van der Waals surface area (Å²) in [4.78, 5) is 41.2. The molecule has 1 N–H and O–H groups in total. The number of nitrogens with zero attached hydrogens (tertiary/aromatic N) is 1. The molecule has 3 heterocycles. The summed E-state index contributed by atoms with van der Waals surface area (Å²) in [7, 11) is 1.33. The lowest BCUT2D eigenvalue weighted by molar-refractivity contribution is -0.157. The number of nitrogens with one attached hydrogen (secondary N) is 1. The minimum Gasteiger partial charge on any atom is -0.468 e. The van der Waals surface area contributed by atoms with Gasteiger partial charge in [-0.2, -0.15) is 0 Å². The highest BCUT2D eigenvalue weighted by Gasteiger charge is 2.71. The number of piperidine rings is 1. The van der Waals surface area contributed by atoms with Crippen molar-refractivity contribution >= 4 is 23.3 Å². The summed E-state index contributed by atoms with van der Waals surface area (Å²) in [6.45, 7) is 2.81. The zero-order valence-electron chi connectivity index (χ0n) is 15.6. The van der Waals surface area contributed by atoms with Gasteiger partial charge in [-0.15, -0.1) is 0 Å². The lowest BCUT2D eigenvalue weighted by Crippen LogP contribution is -2.67. The number of ether oxygens (including phenoxy) is 1. The van der Waals surface area contributed by atoms with Crippen molar-refractivity contribution in [2.24, 2.45) is 17.8 Å². The summed E-state index contributed by atoms with van der Waals surface area (Å²) in [6.07, 6.45) is 2.02. The van der Waals surface area contributed by atoms with E-state index in [1.165, 1.54) is 7.11 Å². The summed E-state index contributed by atoms with van der Waals surface area (Å²) in [5, 5.41) is 3.43. The molecule has 1 saturated carbocycles. The summed E-state index contributed by atoms with van der Waals surface area (Å²) in [5.74, 6) is -1.33. The number of benzene rings is 1. The van der Waals surface area contributed by atoms with Crippen LogP contribution in [0.5, 0.6) is 0 Å². The van der Waals surface area contributed by atoms with Crippen molar-refractivity contribution < 1.29 is 19.1 Å². The minimum absolute atomic E-state index is 0.0642. The standard InChI is InChI=1S/C21H24N2O4/c1-3-11-8-12-17(25)16(20(26)27-2)18-21(9-15(24)23(10-11)19(12)21)13-6-4-5-7-14(13)22-18/h4-7,11-12,16,18-19,22H,3,8-10H2,1-2H3/t11-,12+,16?,18+,19+,21+/m0/s1. The van der Waals surface area contributed by atoms with Gasteiger partial charge in [0.15, 0.2) is 5.78 Å². The zero-order chi connectivity index (χ0) is 18.9. The number of methoxy groups -OCH3 is 1. The molecule has 0 radical (unpaired) electrons. The maximum atomic E-state index is 13.5. The van der Waals surface area contributed by atoms with E-state index < -0.39 is 23.3 Å². The Bertz CT molecular complexity index is 852. The van der Waals surface area contributed by atoms with E-state index in [4.69, 9.17) is 4.74 Å². The predicted molar refractivity (Wildman–Crippen MR) is 98.0 cm³/mol. The lowest BCUT2D eigenvalue weighted by atomic mass is 9.55. The second-order valence-electron chi connectivity index (χ2n) is 8.40. The molecule has 6 atom stereocenters. The first kappa shape index (κ1) is 16.8. The number of Topliss-reactive ketones (excluding diaryl/α,β-unsaturated/α-hetero) is 1. The number of amides is 1. The van der Waals surface area contributed by atoms with E-state index in [9.17, 15) is 14.4 Å². The molecule has 1 aliphatic carbocycles. The Labute approximate surface area is 158 Å². The molecule has 1 spiro atoms. The Morgan fingerprint density at radius 1 is 1.33 bits per heavy atom. The van der Waals surface area contributed by atoms with Gasteiger partial charge in [-0.3, -0.25) is 14.4 Å². The molecular formula is C21H24N2O4. The highest BCUT2D eigenvalue weighted by Crippen LogP contribution is 2.60. The Morgan fingerprint density at radius 2 is 2.11 bits per heavy atom. The number of fused-ring (bicyclic) bond motifs is 1. The average Bonchev–Trinajstić information content (AvgIpc) is 3.17. The zero-order valence-corrected chi connectivity index (χ0v) is 15.6. The SMILES string of the molecule is CC[C@H]1C[C@@H]2C(=O)C(C(=O)OC)[C@H]3Nc4ccccc4[C@]34CC(=O)N(C1)[C@H]24. The molecule has 27 heavy (non-hydrogen) atoms. The number of rotatable bonds is 2. The van der Waals surface area contributed by atoms with Crippen molar-refractivity contribution in [2.45, 2.75) is 43.7 Å². The Morgan fingerprint density at radius 3 is 2.85 bits per heavy atom. The van der Waals surface area contributed by atoms with Crippen LogP contribution < -0.4 is 5.32 Å². The quantitative estimate of drug-likeness (QED) is 0.636. The van der Waals surface area contributed by atoms with Gasteiger partial charge in [0.1, 0.15) is 5.92 Å². The van der Waals surface area contributed by atoms with Crippen LogP contribution in [0.1, 0.15) is 31.7 Å². The van der Waals surface area contributed by atoms with Crippen LogP contribution in [-0.4, -0.2) is 48.3 Å². The molecule has 4 aliphatic rings. The van der Waals surface area contributed by atoms with Crippen LogP contribution >= 0.6 is 0 Å².